The first-order valence-corrected chi connectivity index (χ1v) is 4.69. The number of fused-ring (bicyclic) bond motifs is 1. The molecule has 0 saturated carbocycles. The second-order valence-corrected chi connectivity index (χ2v) is 4.00. The molecule has 0 bridgehead atoms. The molecule has 0 spiro atoms. The van der Waals surface area contributed by atoms with Gasteiger partial charge >= 0.3 is 0 Å². The molecule has 13 heavy (non-hydrogen) atoms. The minimum Gasteiger partial charge on any atom is -0.298 e. The molecule has 2 rings (SSSR count). The van der Waals surface area contributed by atoms with Gasteiger partial charge in [-0.05, 0) is 13.8 Å². The second kappa shape index (κ2) is 2.85. The fraction of sp³-hybridized carbons (Fsp3) is 0.250. The molecular weight excluding hydrogens is 186 g/mol. The molecule has 4 nitrogen and oxygen atoms in total. The maximum Gasteiger partial charge on any atom is 0.214 e. The van der Waals surface area contributed by atoms with Crippen LogP contribution in [0.25, 0.3) is 4.83 Å². The predicted octanol–water partition coefficient (Wildman–Crippen LogP) is 1.58. The second-order valence-electron chi connectivity index (χ2n) is 2.76. The number of hydrogen-bond donors (Lipinski definition) is 1. The van der Waals surface area contributed by atoms with E-state index in [0.29, 0.717) is 12.4 Å². The lowest BCUT2D eigenvalue weighted by Gasteiger charge is -1.96. The maximum absolute atomic E-state index is 10.3. The Labute approximate surface area is 79.2 Å². The van der Waals surface area contributed by atoms with Crippen LogP contribution in [0.15, 0.2) is 6.20 Å². The number of nitrogens with one attached hydrogen (secondary N) is 1. The fourth-order valence-electron chi connectivity index (χ4n) is 1.28. The quantitative estimate of drug-likeness (QED) is 0.739. The van der Waals surface area contributed by atoms with E-state index < -0.39 is 0 Å². The number of anilines is 1. The lowest BCUT2D eigenvalue weighted by atomic mass is 10.4. The van der Waals surface area contributed by atoms with Crippen molar-refractivity contribution in [1.82, 2.24) is 9.38 Å². The molecule has 2 heterocycles. The van der Waals surface area contributed by atoms with E-state index in [1.165, 1.54) is 4.88 Å². The van der Waals surface area contributed by atoms with E-state index in [-0.39, 0.29) is 0 Å². The Kier molecular flexibility index (Phi) is 1.81. The number of carbonyl (C=O) groups is 1. The van der Waals surface area contributed by atoms with Gasteiger partial charge in [-0.3, -0.25) is 14.5 Å². The third-order valence-corrected chi connectivity index (χ3v) is 3.12. The van der Waals surface area contributed by atoms with Crippen LogP contribution >= 0.6 is 11.3 Å². The lowest BCUT2D eigenvalue weighted by molar-refractivity contribution is -0.105. The summed E-state index contributed by atoms with van der Waals surface area (Å²) in [7, 11) is 0. The van der Waals surface area contributed by atoms with E-state index in [4.69, 9.17) is 0 Å². The molecule has 0 aliphatic rings. The summed E-state index contributed by atoms with van der Waals surface area (Å²) in [6.45, 7) is 4.06. The summed E-state index contributed by atoms with van der Waals surface area (Å²) in [5.41, 5.74) is 1.13. The summed E-state index contributed by atoms with van der Waals surface area (Å²) in [5, 5.41) is 2.56. The Morgan fingerprint density at radius 3 is 3.08 bits per heavy atom. The van der Waals surface area contributed by atoms with E-state index >= 15 is 0 Å². The highest BCUT2D eigenvalue weighted by atomic mass is 32.1. The number of thiazole rings is 1. The van der Waals surface area contributed by atoms with Gasteiger partial charge in [-0.1, -0.05) is 0 Å². The average Bonchev–Trinajstić information content (AvgIpc) is 2.58. The summed E-state index contributed by atoms with van der Waals surface area (Å²) in [4.78, 5) is 16.6. The largest absolute Gasteiger partial charge is 0.298 e. The van der Waals surface area contributed by atoms with E-state index in [1.807, 2.05) is 11.3 Å². The highest BCUT2D eigenvalue weighted by Gasteiger charge is 2.09. The first-order chi connectivity index (χ1) is 6.24. The van der Waals surface area contributed by atoms with Crippen molar-refractivity contribution in [2.45, 2.75) is 13.8 Å². The van der Waals surface area contributed by atoms with Gasteiger partial charge in [0.1, 0.15) is 4.83 Å². The number of aromatic nitrogens is 2. The Morgan fingerprint density at radius 2 is 2.38 bits per heavy atom. The molecule has 0 radical (unpaired) electrons. The van der Waals surface area contributed by atoms with E-state index in [2.05, 4.69) is 17.2 Å². The van der Waals surface area contributed by atoms with Gasteiger partial charge in [0, 0.05) is 10.6 Å². The molecule has 1 amide bonds. The van der Waals surface area contributed by atoms with Crippen LogP contribution in [0, 0.1) is 13.8 Å². The van der Waals surface area contributed by atoms with Crippen molar-refractivity contribution in [3.8, 4) is 0 Å². The van der Waals surface area contributed by atoms with Crippen LogP contribution in [0.1, 0.15) is 10.6 Å². The molecule has 0 atom stereocenters. The molecule has 0 fully saturated rings. The van der Waals surface area contributed by atoms with Crippen molar-refractivity contribution in [3.63, 3.8) is 0 Å². The molecule has 0 aliphatic heterocycles. The van der Waals surface area contributed by atoms with Gasteiger partial charge in [0.2, 0.25) is 12.4 Å². The predicted molar refractivity (Wildman–Crippen MR) is 52.2 cm³/mol. The van der Waals surface area contributed by atoms with Gasteiger partial charge in [0.15, 0.2) is 0 Å². The highest BCUT2D eigenvalue weighted by Crippen LogP contribution is 2.24. The Bertz CT molecular complexity index is 457. The van der Waals surface area contributed by atoms with E-state index in [1.54, 1.807) is 17.5 Å². The van der Waals surface area contributed by atoms with Crippen LogP contribution in [-0.2, 0) is 4.79 Å². The molecule has 0 aromatic carbocycles. The molecule has 68 valence electrons. The first kappa shape index (κ1) is 8.25. The molecule has 2 aromatic rings. The van der Waals surface area contributed by atoms with E-state index in [0.717, 1.165) is 10.5 Å². The first-order valence-electron chi connectivity index (χ1n) is 3.87. The Balaban J connectivity index is 2.69. The number of amides is 1. The van der Waals surface area contributed by atoms with Gasteiger partial charge < -0.3 is 0 Å². The third-order valence-electron chi connectivity index (χ3n) is 2.02. The summed E-state index contributed by atoms with van der Waals surface area (Å²) < 4.78 is 1.94. The number of imidazole rings is 1. The summed E-state index contributed by atoms with van der Waals surface area (Å²) in [6.07, 6.45) is 2.40. The van der Waals surface area contributed by atoms with Gasteiger partial charge in [0.25, 0.3) is 0 Å². The highest BCUT2D eigenvalue weighted by molar-refractivity contribution is 7.17. The van der Waals surface area contributed by atoms with Gasteiger partial charge in [-0.25, -0.2) is 4.98 Å². The summed E-state index contributed by atoms with van der Waals surface area (Å²) >= 11 is 1.67. The molecule has 2 aromatic heterocycles. The zero-order valence-corrected chi connectivity index (χ0v) is 8.18. The van der Waals surface area contributed by atoms with Crippen LogP contribution in [0.2, 0.25) is 0 Å². The standard InChI is InChI=1S/C8H9N3OS/c1-5-6(2)13-7-3-9-8(10-4-12)11(5)7/h3-4H,1-2H3,(H,9,10,12). The third kappa shape index (κ3) is 1.12. The number of nitrogens with zero attached hydrogens (tertiary/aromatic N) is 2. The fourth-order valence-corrected chi connectivity index (χ4v) is 2.25. The van der Waals surface area contributed by atoms with Crippen LogP contribution in [0.3, 0.4) is 0 Å². The molecule has 0 unspecified atom stereocenters. The summed E-state index contributed by atoms with van der Waals surface area (Å²) in [5.74, 6) is 0.590. The zero-order valence-electron chi connectivity index (χ0n) is 7.37. The number of hydrogen-bond acceptors (Lipinski definition) is 3. The van der Waals surface area contributed by atoms with Crippen LogP contribution in [0.5, 0.6) is 0 Å². The minimum absolute atomic E-state index is 0.590. The SMILES string of the molecule is Cc1sc2cnc(NC=O)n2c1C. The van der Waals surface area contributed by atoms with Gasteiger partial charge in [0.05, 0.1) is 6.20 Å². The van der Waals surface area contributed by atoms with Crippen LogP contribution in [-0.4, -0.2) is 15.8 Å². The number of rotatable bonds is 2. The van der Waals surface area contributed by atoms with Gasteiger partial charge in [-0.15, -0.1) is 11.3 Å². The summed E-state index contributed by atoms with van der Waals surface area (Å²) in [6, 6.07) is 0. The molecule has 1 N–H and O–H groups in total. The molecule has 0 aliphatic carbocycles. The minimum atomic E-state index is 0.590. The molecule has 5 heteroatoms. The topological polar surface area (TPSA) is 46.4 Å². The van der Waals surface area contributed by atoms with Crippen molar-refractivity contribution in [1.29, 1.82) is 0 Å². The van der Waals surface area contributed by atoms with Gasteiger partial charge in [-0.2, -0.15) is 0 Å². The van der Waals surface area contributed by atoms with Crippen LogP contribution < -0.4 is 5.32 Å². The molecular formula is C8H9N3OS. The lowest BCUT2D eigenvalue weighted by Crippen LogP contribution is -2.00. The monoisotopic (exact) mass is 195 g/mol. The average molecular weight is 195 g/mol. The smallest absolute Gasteiger partial charge is 0.214 e. The number of carbonyl (C=O) groups excluding carboxylic acids is 1. The Morgan fingerprint density at radius 1 is 1.62 bits per heavy atom. The zero-order chi connectivity index (χ0) is 9.42. The van der Waals surface area contributed by atoms with E-state index in [9.17, 15) is 4.79 Å². The number of aryl methyl sites for hydroxylation is 2. The maximum atomic E-state index is 10.3. The van der Waals surface area contributed by atoms with Crippen LogP contribution in [0.4, 0.5) is 5.95 Å². The van der Waals surface area contributed by atoms with Crippen molar-refractivity contribution in [2.75, 3.05) is 5.32 Å². The Hall–Kier alpha value is -1.36. The van der Waals surface area contributed by atoms with Crippen molar-refractivity contribution in [3.05, 3.63) is 16.8 Å². The van der Waals surface area contributed by atoms with Crippen molar-refractivity contribution >= 4 is 28.5 Å². The van der Waals surface area contributed by atoms with Crippen molar-refractivity contribution in [2.24, 2.45) is 0 Å². The normalized spacial score (nSPS) is 10.6. The molecule has 0 saturated heterocycles. The van der Waals surface area contributed by atoms with Crippen molar-refractivity contribution < 1.29 is 4.79 Å².